The van der Waals surface area contributed by atoms with Crippen molar-refractivity contribution in [3.05, 3.63) is 66.7 Å². The van der Waals surface area contributed by atoms with Crippen molar-refractivity contribution in [2.45, 2.75) is 0 Å². The monoisotopic (exact) mass is 262 g/mol. The van der Waals surface area contributed by atoms with Crippen molar-refractivity contribution in [1.82, 2.24) is 0 Å². The molecule has 3 rings (SSSR count). The second-order valence-electron chi connectivity index (χ2n) is 4.37. The molecular weight excluding hydrogens is 248 g/mol. The minimum atomic E-state index is 0.732. The Morgan fingerprint density at radius 2 is 1.50 bits per heavy atom. The van der Waals surface area contributed by atoms with Crippen molar-refractivity contribution < 1.29 is 4.74 Å². The molecular formula is C17H14N2O. The first kappa shape index (κ1) is 12.4. The zero-order valence-electron chi connectivity index (χ0n) is 11.2. The highest BCUT2D eigenvalue weighted by Crippen LogP contribution is 2.36. The van der Waals surface area contributed by atoms with Gasteiger partial charge in [0, 0.05) is 5.39 Å². The van der Waals surface area contributed by atoms with E-state index in [2.05, 4.69) is 16.3 Å². The molecule has 3 aromatic carbocycles. The zero-order chi connectivity index (χ0) is 13.8. The van der Waals surface area contributed by atoms with Crippen LogP contribution < -0.4 is 4.74 Å². The third kappa shape index (κ3) is 2.38. The van der Waals surface area contributed by atoms with E-state index in [9.17, 15) is 0 Å². The van der Waals surface area contributed by atoms with Crippen LogP contribution in [0.3, 0.4) is 0 Å². The summed E-state index contributed by atoms with van der Waals surface area (Å²) in [5.41, 5.74) is 1.55. The van der Waals surface area contributed by atoms with Gasteiger partial charge in [0.2, 0.25) is 0 Å². The van der Waals surface area contributed by atoms with E-state index in [0.29, 0.717) is 0 Å². The van der Waals surface area contributed by atoms with Gasteiger partial charge in [-0.15, -0.1) is 5.11 Å². The van der Waals surface area contributed by atoms with E-state index in [0.717, 1.165) is 27.9 Å². The van der Waals surface area contributed by atoms with E-state index >= 15 is 0 Å². The van der Waals surface area contributed by atoms with Gasteiger partial charge in [0.25, 0.3) is 0 Å². The highest BCUT2D eigenvalue weighted by Gasteiger charge is 2.07. The van der Waals surface area contributed by atoms with Gasteiger partial charge in [-0.25, -0.2) is 0 Å². The van der Waals surface area contributed by atoms with E-state index in [-0.39, 0.29) is 0 Å². The second kappa shape index (κ2) is 5.53. The molecule has 20 heavy (non-hydrogen) atoms. The topological polar surface area (TPSA) is 34.0 Å². The maximum Gasteiger partial charge on any atom is 0.154 e. The number of ether oxygens (including phenoxy) is 1. The van der Waals surface area contributed by atoms with Crippen molar-refractivity contribution in [3.8, 4) is 5.75 Å². The maximum atomic E-state index is 5.49. The standard InChI is InChI=1S/C17H14N2O/c1-20-17-15-10-6-5-7-13(15)11-12-16(17)19-18-14-8-3-2-4-9-14/h2-12H,1H3. The molecule has 0 aliphatic rings. The van der Waals surface area contributed by atoms with Gasteiger partial charge in [0.1, 0.15) is 5.69 Å². The van der Waals surface area contributed by atoms with Crippen molar-refractivity contribution in [2.24, 2.45) is 10.2 Å². The van der Waals surface area contributed by atoms with E-state index in [4.69, 9.17) is 4.74 Å². The Labute approximate surface area is 117 Å². The molecule has 0 atom stereocenters. The molecule has 0 fully saturated rings. The molecule has 0 amide bonds. The predicted molar refractivity (Wildman–Crippen MR) is 81.1 cm³/mol. The average Bonchev–Trinajstić information content (AvgIpc) is 2.53. The number of benzene rings is 3. The Kier molecular flexibility index (Phi) is 3.42. The molecule has 0 saturated heterocycles. The normalized spacial score (nSPS) is 11.1. The van der Waals surface area contributed by atoms with Crippen LogP contribution in [0.25, 0.3) is 10.8 Å². The van der Waals surface area contributed by atoms with Crippen LogP contribution in [0.5, 0.6) is 5.75 Å². The van der Waals surface area contributed by atoms with Crippen LogP contribution in [0.2, 0.25) is 0 Å². The lowest BCUT2D eigenvalue weighted by Gasteiger charge is -2.07. The summed E-state index contributed by atoms with van der Waals surface area (Å²) >= 11 is 0. The van der Waals surface area contributed by atoms with Crippen LogP contribution in [0.15, 0.2) is 77.0 Å². The second-order valence-corrected chi connectivity index (χ2v) is 4.37. The lowest BCUT2D eigenvalue weighted by molar-refractivity contribution is 0.421. The molecule has 0 aliphatic carbocycles. The first-order chi connectivity index (χ1) is 9.88. The SMILES string of the molecule is COc1c(N=Nc2ccccc2)ccc2ccccc12. The van der Waals surface area contributed by atoms with Crippen LogP contribution in [0.4, 0.5) is 11.4 Å². The molecule has 3 nitrogen and oxygen atoms in total. The van der Waals surface area contributed by atoms with Gasteiger partial charge in [0.05, 0.1) is 12.8 Å². The van der Waals surface area contributed by atoms with Crippen molar-refractivity contribution in [2.75, 3.05) is 7.11 Å². The average molecular weight is 262 g/mol. The first-order valence-electron chi connectivity index (χ1n) is 6.41. The smallest absolute Gasteiger partial charge is 0.154 e. The summed E-state index contributed by atoms with van der Waals surface area (Å²) in [6.45, 7) is 0. The molecule has 0 aromatic heterocycles. The third-order valence-electron chi connectivity index (χ3n) is 3.09. The van der Waals surface area contributed by atoms with Crippen LogP contribution in [-0.4, -0.2) is 7.11 Å². The number of fused-ring (bicyclic) bond motifs is 1. The number of hydrogen-bond donors (Lipinski definition) is 0. The molecule has 0 saturated carbocycles. The molecule has 3 heteroatoms. The summed E-state index contributed by atoms with van der Waals surface area (Å²) in [4.78, 5) is 0. The first-order valence-corrected chi connectivity index (χ1v) is 6.41. The van der Waals surface area contributed by atoms with Gasteiger partial charge in [-0.2, -0.15) is 5.11 Å². The fourth-order valence-electron chi connectivity index (χ4n) is 2.13. The number of azo groups is 1. The minimum absolute atomic E-state index is 0.732. The molecule has 0 bridgehead atoms. The number of methoxy groups -OCH3 is 1. The van der Waals surface area contributed by atoms with Crippen LogP contribution in [0.1, 0.15) is 0 Å². The van der Waals surface area contributed by atoms with Crippen LogP contribution in [-0.2, 0) is 0 Å². The zero-order valence-corrected chi connectivity index (χ0v) is 11.2. The highest BCUT2D eigenvalue weighted by atomic mass is 16.5. The largest absolute Gasteiger partial charge is 0.494 e. The summed E-state index contributed by atoms with van der Waals surface area (Å²) in [6, 6.07) is 21.7. The minimum Gasteiger partial charge on any atom is -0.494 e. The summed E-state index contributed by atoms with van der Waals surface area (Å²) in [7, 11) is 1.66. The summed E-state index contributed by atoms with van der Waals surface area (Å²) < 4.78 is 5.49. The van der Waals surface area contributed by atoms with E-state index in [1.165, 1.54) is 0 Å². The summed E-state index contributed by atoms with van der Waals surface area (Å²) in [6.07, 6.45) is 0. The molecule has 0 unspecified atom stereocenters. The fraction of sp³-hybridized carbons (Fsp3) is 0.0588. The van der Waals surface area contributed by atoms with Crippen LogP contribution in [0, 0.1) is 0 Å². The van der Waals surface area contributed by atoms with E-state index in [1.807, 2.05) is 60.7 Å². The Morgan fingerprint density at radius 1 is 0.750 bits per heavy atom. The lowest BCUT2D eigenvalue weighted by atomic mass is 10.1. The molecule has 0 N–H and O–H groups in total. The van der Waals surface area contributed by atoms with Crippen molar-refractivity contribution in [1.29, 1.82) is 0 Å². The maximum absolute atomic E-state index is 5.49. The van der Waals surface area contributed by atoms with Gasteiger partial charge in [-0.1, -0.05) is 48.5 Å². The molecule has 98 valence electrons. The molecule has 3 aromatic rings. The Morgan fingerprint density at radius 3 is 2.30 bits per heavy atom. The van der Waals surface area contributed by atoms with Gasteiger partial charge in [-0.05, 0) is 23.6 Å². The lowest BCUT2D eigenvalue weighted by Crippen LogP contribution is -1.85. The van der Waals surface area contributed by atoms with Gasteiger partial charge < -0.3 is 4.74 Å². The van der Waals surface area contributed by atoms with E-state index in [1.54, 1.807) is 7.11 Å². The number of rotatable bonds is 3. The Bertz CT molecular complexity index is 751. The fourth-order valence-corrected chi connectivity index (χ4v) is 2.13. The summed E-state index contributed by atoms with van der Waals surface area (Å²) in [5.74, 6) is 0.753. The van der Waals surface area contributed by atoms with Gasteiger partial charge >= 0.3 is 0 Å². The quantitative estimate of drug-likeness (QED) is 0.592. The van der Waals surface area contributed by atoms with Gasteiger partial charge in [0.15, 0.2) is 5.75 Å². The molecule has 0 spiro atoms. The Hall–Kier alpha value is -2.68. The molecule has 0 aliphatic heterocycles. The number of nitrogens with zero attached hydrogens (tertiary/aromatic N) is 2. The van der Waals surface area contributed by atoms with Crippen LogP contribution >= 0.6 is 0 Å². The van der Waals surface area contributed by atoms with Crippen molar-refractivity contribution in [3.63, 3.8) is 0 Å². The predicted octanol–water partition coefficient (Wildman–Crippen LogP) is 5.26. The van der Waals surface area contributed by atoms with Crippen molar-refractivity contribution >= 4 is 22.1 Å². The molecule has 0 radical (unpaired) electrons. The Balaban J connectivity index is 2.05. The number of hydrogen-bond acceptors (Lipinski definition) is 3. The highest BCUT2D eigenvalue weighted by molar-refractivity contribution is 5.92. The third-order valence-corrected chi connectivity index (χ3v) is 3.09. The van der Waals surface area contributed by atoms with E-state index < -0.39 is 0 Å². The molecule has 0 heterocycles. The van der Waals surface area contributed by atoms with Gasteiger partial charge in [-0.3, -0.25) is 0 Å². The summed E-state index contributed by atoms with van der Waals surface area (Å²) in [5, 5.41) is 10.7.